The predicted molar refractivity (Wildman–Crippen MR) is 98.5 cm³/mol. The largest absolute Gasteiger partial charge is 0.490 e. The number of hydrogen-bond donors (Lipinski definition) is 2. The SMILES string of the molecule is CCCC(CNC=O)c1c[nH]c2cc(I)c(OC(C)C)cc12. The van der Waals surface area contributed by atoms with Gasteiger partial charge in [-0.25, -0.2) is 0 Å². The number of aromatic nitrogens is 1. The molecule has 0 radical (unpaired) electrons. The van der Waals surface area contributed by atoms with E-state index in [4.69, 9.17) is 4.74 Å². The normalized spacial score (nSPS) is 12.6. The van der Waals surface area contributed by atoms with Crippen molar-refractivity contribution in [2.75, 3.05) is 6.54 Å². The molecule has 0 aliphatic heterocycles. The van der Waals surface area contributed by atoms with Crippen LogP contribution in [0.4, 0.5) is 0 Å². The molecule has 2 aromatic rings. The zero-order valence-electron chi connectivity index (χ0n) is 13.3. The van der Waals surface area contributed by atoms with Gasteiger partial charge in [-0.2, -0.15) is 0 Å². The molecule has 2 N–H and O–H groups in total. The molecule has 1 aromatic heterocycles. The highest BCUT2D eigenvalue weighted by molar-refractivity contribution is 14.1. The minimum atomic E-state index is 0.150. The highest BCUT2D eigenvalue weighted by atomic mass is 127. The molecule has 1 aromatic carbocycles. The lowest BCUT2D eigenvalue weighted by atomic mass is 9.94. The maximum absolute atomic E-state index is 10.6. The summed E-state index contributed by atoms with van der Waals surface area (Å²) in [4.78, 5) is 14.0. The van der Waals surface area contributed by atoms with Crippen LogP contribution < -0.4 is 10.1 Å². The molecule has 1 unspecified atom stereocenters. The topological polar surface area (TPSA) is 54.1 Å². The fourth-order valence-corrected chi connectivity index (χ4v) is 3.33. The van der Waals surface area contributed by atoms with Crippen molar-refractivity contribution in [3.8, 4) is 5.75 Å². The molecule has 2 rings (SSSR count). The second kappa shape index (κ2) is 7.85. The first-order chi connectivity index (χ1) is 10.6. The van der Waals surface area contributed by atoms with Crippen LogP contribution in [0.5, 0.6) is 5.75 Å². The number of benzene rings is 1. The highest BCUT2D eigenvalue weighted by Crippen LogP contribution is 2.34. The van der Waals surface area contributed by atoms with Crippen molar-refractivity contribution in [3.63, 3.8) is 0 Å². The number of carbonyl (C=O) groups excluding carboxylic acids is 1. The fourth-order valence-electron chi connectivity index (χ4n) is 2.73. The first kappa shape index (κ1) is 17.1. The van der Waals surface area contributed by atoms with Crippen molar-refractivity contribution in [2.45, 2.75) is 45.6 Å². The van der Waals surface area contributed by atoms with Gasteiger partial charge in [-0.05, 0) is 60.6 Å². The second-order valence-electron chi connectivity index (χ2n) is 5.75. The number of ether oxygens (including phenoxy) is 1. The van der Waals surface area contributed by atoms with Gasteiger partial charge in [0.2, 0.25) is 6.41 Å². The number of amides is 1. The number of halogens is 1. The molecule has 0 aliphatic rings. The van der Waals surface area contributed by atoms with Crippen molar-refractivity contribution < 1.29 is 9.53 Å². The molecule has 120 valence electrons. The van der Waals surface area contributed by atoms with Gasteiger partial charge >= 0.3 is 0 Å². The molecule has 4 nitrogen and oxygen atoms in total. The number of fused-ring (bicyclic) bond motifs is 1. The molecule has 22 heavy (non-hydrogen) atoms. The summed E-state index contributed by atoms with van der Waals surface area (Å²) in [6.07, 6.45) is 5.11. The Bertz CT molecular complexity index is 637. The lowest BCUT2D eigenvalue weighted by Gasteiger charge is -2.16. The van der Waals surface area contributed by atoms with Crippen LogP contribution in [0.2, 0.25) is 0 Å². The van der Waals surface area contributed by atoms with E-state index in [2.05, 4.69) is 58.1 Å². The van der Waals surface area contributed by atoms with Gasteiger partial charge in [0, 0.05) is 29.6 Å². The van der Waals surface area contributed by atoms with Gasteiger partial charge < -0.3 is 15.0 Å². The number of rotatable bonds is 8. The van der Waals surface area contributed by atoms with Crippen molar-refractivity contribution in [2.24, 2.45) is 0 Å². The van der Waals surface area contributed by atoms with E-state index in [1.54, 1.807) is 0 Å². The molecule has 0 saturated carbocycles. The summed E-state index contributed by atoms with van der Waals surface area (Å²) < 4.78 is 7.01. The lowest BCUT2D eigenvalue weighted by molar-refractivity contribution is -0.109. The molecule has 1 amide bonds. The zero-order chi connectivity index (χ0) is 16.1. The Morgan fingerprint density at radius 1 is 1.41 bits per heavy atom. The summed E-state index contributed by atoms with van der Waals surface area (Å²) in [5, 5.41) is 4.00. The summed E-state index contributed by atoms with van der Waals surface area (Å²) in [5.41, 5.74) is 2.36. The molecule has 0 aliphatic carbocycles. The van der Waals surface area contributed by atoms with Crippen LogP contribution in [0.25, 0.3) is 10.9 Å². The smallest absolute Gasteiger partial charge is 0.207 e. The average molecular weight is 414 g/mol. The first-order valence-electron chi connectivity index (χ1n) is 7.71. The van der Waals surface area contributed by atoms with Crippen molar-refractivity contribution >= 4 is 39.9 Å². The Kier molecular flexibility index (Phi) is 6.11. The molecular formula is C17H23IN2O2. The summed E-state index contributed by atoms with van der Waals surface area (Å²) in [7, 11) is 0. The number of carbonyl (C=O) groups is 1. The molecular weight excluding hydrogens is 391 g/mol. The monoisotopic (exact) mass is 414 g/mol. The van der Waals surface area contributed by atoms with Crippen molar-refractivity contribution in [1.29, 1.82) is 0 Å². The molecule has 0 saturated heterocycles. The van der Waals surface area contributed by atoms with Gasteiger partial charge in [0.1, 0.15) is 5.75 Å². The Hall–Kier alpha value is -1.24. The first-order valence-corrected chi connectivity index (χ1v) is 8.78. The molecule has 0 fully saturated rings. The number of H-pyrrole nitrogens is 1. The van der Waals surface area contributed by atoms with Crippen molar-refractivity contribution in [1.82, 2.24) is 10.3 Å². The number of hydrogen-bond acceptors (Lipinski definition) is 2. The van der Waals surface area contributed by atoms with E-state index >= 15 is 0 Å². The van der Waals surface area contributed by atoms with Crippen LogP contribution >= 0.6 is 22.6 Å². The van der Waals surface area contributed by atoms with Gasteiger partial charge in [0.05, 0.1) is 9.67 Å². The Labute approximate surface area is 145 Å². The molecule has 0 spiro atoms. The Morgan fingerprint density at radius 3 is 2.82 bits per heavy atom. The number of nitrogens with one attached hydrogen (secondary N) is 2. The maximum Gasteiger partial charge on any atom is 0.207 e. The quantitative estimate of drug-likeness (QED) is 0.503. The molecule has 5 heteroatoms. The van der Waals surface area contributed by atoms with E-state index < -0.39 is 0 Å². The van der Waals surface area contributed by atoms with Crippen LogP contribution in [0.1, 0.15) is 45.1 Å². The summed E-state index contributed by atoms with van der Waals surface area (Å²) in [6.45, 7) is 6.90. The fraction of sp³-hybridized carbons (Fsp3) is 0.471. The molecule has 1 heterocycles. The third kappa shape index (κ3) is 3.94. The van der Waals surface area contributed by atoms with E-state index in [9.17, 15) is 4.79 Å². The van der Waals surface area contributed by atoms with Crippen LogP contribution in [-0.2, 0) is 4.79 Å². The van der Waals surface area contributed by atoms with Crippen LogP contribution in [0.3, 0.4) is 0 Å². The second-order valence-corrected chi connectivity index (χ2v) is 6.91. The lowest BCUT2D eigenvalue weighted by Crippen LogP contribution is -2.19. The van der Waals surface area contributed by atoms with E-state index in [1.165, 1.54) is 10.9 Å². The van der Waals surface area contributed by atoms with E-state index in [0.29, 0.717) is 12.5 Å². The maximum atomic E-state index is 10.6. The van der Waals surface area contributed by atoms with Gasteiger partial charge in [-0.15, -0.1) is 0 Å². The summed E-state index contributed by atoms with van der Waals surface area (Å²) in [6, 6.07) is 4.24. The van der Waals surface area contributed by atoms with Crippen LogP contribution in [-0.4, -0.2) is 24.0 Å². The van der Waals surface area contributed by atoms with Crippen LogP contribution in [0.15, 0.2) is 18.3 Å². The third-order valence-electron chi connectivity index (χ3n) is 3.65. The minimum absolute atomic E-state index is 0.150. The Balaban J connectivity index is 2.42. The molecule has 1 atom stereocenters. The van der Waals surface area contributed by atoms with Gasteiger partial charge in [-0.1, -0.05) is 13.3 Å². The van der Waals surface area contributed by atoms with Crippen molar-refractivity contribution in [3.05, 3.63) is 27.5 Å². The number of aromatic amines is 1. The van der Waals surface area contributed by atoms with Crippen LogP contribution in [0, 0.1) is 3.57 Å². The van der Waals surface area contributed by atoms with Gasteiger partial charge in [0.25, 0.3) is 0 Å². The van der Waals surface area contributed by atoms with E-state index in [0.717, 1.165) is 34.1 Å². The highest BCUT2D eigenvalue weighted by Gasteiger charge is 2.17. The Morgan fingerprint density at radius 2 is 2.18 bits per heavy atom. The third-order valence-corrected chi connectivity index (χ3v) is 4.50. The standard InChI is InChI=1S/C17H23IN2O2/c1-4-5-12(8-19-10-21)14-9-20-16-7-15(18)17(6-13(14)16)22-11(2)3/h6-7,9-12,20H,4-5,8H2,1-3H3,(H,19,21). The average Bonchev–Trinajstić information content (AvgIpc) is 2.86. The van der Waals surface area contributed by atoms with Gasteiger partial charge in [0.15, 0.2) is 0 Å². The minimum Gasteiger partial charge on any atom is -0.490 e. The molecule has 0 bridgehead atoms. The summed E-state index contributed by atoms with van der Waals surface area (Å²) in [5.74, 6) is 1.23. The van der Waals surface area contributed by atoms with E-state index in [-0.39, 0.29) is 6.10 Å². The van der Waals surface area contributed by atoms with E-state index in [1.807, 2.05) is 13.8 Å². The summed E-state index contributed by atoms with van der Waals surface area (Å²) >= 11 is 2.30. The van der Waals surface area contributed by atoms with Gasteiger partial charge in [-0.3, -0.25) is 4.79 Å². The zero-order valence-corrected chi connectivity index (χ0v) is 15.4. The predicted octanol–water partition coefficient (Wildman–Crippen LogP) is 4.19.